The molecule has 2 N–H and O–H groups in total. The van der Waals surface area contributed by atoms with E-state index in [1.165, 1.54) is 24.2 Å². The lowest BCUT2D eigenvalue weighted by atomic mass is 10.0. The van der Waals surface area contributed by atoms with Crippen LogP contribution in [-0.4, -0.2) is 47.6 Å². The lowest BCUT2D eigenvalue weighted by Crippen LogP contribution is -2.32. The molecular formula is C13H23N3O2. The molecule has 1 heterocycles. The summed E-state index contributed by atoms with van der Waals surface area (Å²) in [7, 11) is 1.68. The number of aromatic nitrogens is 2. The molecule has 0 spiro atoms. The van der Waals surface area contributed by atoms with Crippen molar-refractivity contribution in [3.05, 3.63) is 17.7 Å². The third kappa shape index (κ3) is 3.54. The lowest BCUT2D eigenvalue weighted by Gasteiger charge is -2.17. The van der Waals surface area contributed by atoms with E-state index < -0.39 is 0 Å². The van der Waals surface area contributed by atoms with Crippen LogP contribution in [-0.2, 0) is 24.1 Å². The molecule has 1 aliphatic rings. The Bertz CT molecular complexity index is 365. The fraction of sp³-hybridized carbons (Fsp3) is 0.769. The van der Waals surface area contributed by atoms with E-state index in [0.717, 1.165) is 19.4 Å². The summed E-state index contributed by atoms with van der Waals surface area (Å²) in [5.41, 5.74) is 2.54. The van der Waals surface area contributed by atoms with Crippen LogP contribution < -0.4 is 5.32 Å². The van der Waals surface area contributed by atoms with Gasteiger partial charge in [0.2, 0.25) is 0 Å². The molecule has 1 atom stereocenters. The average molecular weight is 253 g/mol. The first-order chi connectivity index (χ1) is 8.81. The summed E-state index contributed by atoms with van der Waals surface area (Å²) in [5.74, 6) is 0. The second kappa shape index (κ2) is 6.87. The number of aliphatic hydroxyl groups excluding tert-OH is 1. The Morgan fingerprint density at radius 1 is 1.50 bits per heavy atom. The average Bonchev–Trinajstić information content (AvgIpc) is 2.78. The second-order valence-electron chi connectivity index (χ2n) is 4.85. The van der Waals surface area contributed by atoms with Gasteiger partial charge in [-0.2, -0.15) is 0 Å². The van der Waals surface area contributed by atoms with E-state index in [1.54, 1.807) is 7.11 Å². The highest BCUT2D eigenvalue weighted by molar-refractivity contribution is 5.16. The van der Waals surface area contributed by atoms with E-state index in [2.05, 4.69) is 14.9 Å². The summed E-state index contributed by atoms with van der Waals surface area (Å²) >= 11 is 0. The quantitative estimate of drug-likeness (QED) is 0.689. The molecule has 1 unspecified atom stereocenters. The van der Waals surface area contributed by atoms with Crippen molar-refractivity contribution in [3.8, 4) is 0 Å². The van der Waals surface area contributed by atoms with Gasteiger partial charge < -0.3 is 19.7 Å². The topological polar surface area (TPSA) is 59.3 Å². The van der Waals surface area contributed by atoms with Gasteiger partial charge >= 0.3 is 0 Å². The normalized spacial score (nSPS) is 16.6. The lowest BCUT2D eigenvalue weighted by molar-refractivity contribution is 0.143. The fourth-order valence-electron chi connectivity index (χ4n) is 2.42. The van der Waals surface area contributed by atoms with Crippen LogP contribution >= 0.6 is 0 Å². The van der Waals surface area contributed by atoms with Gasteiger partial charge in [0.1, 0.15) is 0 Å². The Kier molecular flexibility index (Phi) is 5.16. The van der Waals surface area contributed by atoms with E-state index in [0.29, 0.717) is 19.7 Å². The number of fused-ring (bicyclic) bond motifs is 1. The van der Waals surface area contributed by atoms with Crippen molar-refractivity contribution < 1.29 is 9.84 Å². The highest BCUT2D eigenvalue weighted by Gasteiger charge is 2.16. The first-order valence-electron chi connectivity index (χ1n) is 6.72. The van der Waals surface area contributed by atoms with Crippen LogP contribution in [0, 0.1) is 0 Å². The van der Waals surface area contributed by atoms with Gasteiger partial charge in [0.05, 0.1) is 31.3 Å². The second-order valence-corrected chi connectivity index (χ2v) is 4.85. The van der Waals surface area contributed by atoms with Gasteiger partial charge in [-0.15, -0.1) is 0 Å². The standard InChI is InChI=1S/C13H23N3O2/c1-18-7-6-14-8-11(17)9-16-10-15-12-4-2-3-5-13(12)16/h10-11,14,17H,2-9H2,1H3. The SMILES string of the molecule is COCCNCC(O)Cn1cnc2c1CCCC2. The highest BCUT2D eigenvalue weighted by atomic mass is 16.5. The van der Waals surface area contributed by atoms with Crippen LogP contribution in [0.1, 0.15) is 24.2 Å². The minimum atomic E-state index is -0.373. The summed E-state index contributed by atoms with van der Waals surface area (Å²) < 4.78 is 7.05. The van der Waals surface area contributed by atoms with Gasteiger partial charge in [-0.3, -0.25) is 0 Å². The van der Waals surface area contributed by atoms with Gasteiger partial charge in [-0.1, -0.05) is 0 Å². The van der Waals surface area contributed by atoms with Crippen molar-refractivity contribution in [1.82, 2.24) is 14.9 Å². The molecule has 1 aliphatic carbocycles. The zero-order chi connectivity index (χ0) is 12.8. The number of aryl methyl sites for hydroxylation is 1. The van der Waals surface area contributed by atoms with Crippen molar-refractivity contribution in [3.63, 3.8) is 0 Å². The number of rotatable bonds is 7. The first-order valence-corrected chi connectivity index (χ1v) is 6.72. The molecule has 0 aliphatic heterocycles. The van der Waals surface area contributed by atoms with Crippen LogP contribution in [0.5, 0.6) is 0 Å². The van der Waals surface area contributed by atoms with Gasteiger partial charge in [0, 0.05) is 25.9 Å². The fourth-order valence-corrected chi connectivity index (χ4v) is 2.42. The van der Waals surface area contributed by atoms with Crippen LogP contribution in [0.4, 0.5) is 0 Å². The third-order valence-corrected chi connectivity index (χ3v) is 3.38. The van der Waals surface area contributed by atoms with Crippen molar-refractivity contribution in [2.24, 2.45) is 0 Å². The number of imidazole rings is 1. The molecule has 5 nitrogen and oxygen atoms in total. The predicted molar refractivity (Wildman–Crippen MR) is 69.6 cm³/mol. The molecule has 0 radical (unpaired) electrons. The smallest absolute Gasteiger partial charge is 0.0952 e. The molecule has 0 fully saturated rings. The Morgan fingerprint density at radius 2 is 2.33 bits per heavy atom. The molecule has 0 bridgehead atoms. The third-order valence-electron chi connectivity index (χ3n) is 3.38. The maximum absolute atomic E-state index is 9.97. The van der Waals surface area contributed by atoms with Crippen molar-refractivity contribution >= 4 is 0 Å². The summed E-state index contributed by atoms with van der Waals surface area (Å²) in [6.07, 6.45) is 6.16. The molecule has 18 heavy (non-hydrogen) atoms. The number of nitrogens with one attached hydrogen (secondary N) is 1. The van der Waals surface area contributed by atoms with E-state index in [-0.39, 0.29) is 6.10 Å². The summed E-state index contributed by atoms with van der Waals surface area (Å²) in [4.78, 5) is 4.43. The zero-order valence-corrected chi connectivity index (χ0v) is 11.1. The van der Waals surface area contributed by atoms with Gasteiger partial charge in [-0.25, -0.2) is 4.98 Å². The van der Waals surface area contributed by atoms with Crippen molar-refractivity contribution in [2.75, 3.05) is 26.8 Å². The van der Waals surface area contributed by atoms with Crippen molar-refractivity contribution in [2.45, 2.75) is 38.3 Å². The Hall–Kier alpha value is -0.910. The molecule has 1 aromatic rings. The van der Waals surface area contributed by atoms with Crippen LogP contribution in [0.15, 0.2) is 6.33 Å². The molecule has 0 saturated heterocycles. The molecule has 102 valence electrons. The van der Waals surface area contributed by atoms with Gasteiger partial charge in [0.25, 0.3) is 0 Å². The minimum absolute atomic E-state index is 0.373. The molecular weight excluding hydrogens is 230 g/mol. The number of hydrogen-bond acceptors (Lipinski definition) is 4. The first kappa shape index (κ1) is 13.5. The Morgan fingerprint density at radius 3 is 3.17 bits per heavy atom. The van der Waals surface area contributed by atoms with Gasteiger partial charge in [0.15, 0.2) is 0 Å². The van der Waals surface area contributed by atoms with Crippen molar-refractivity contribution in [1.29, 1.82) is 0 Å². The Balaban J connectivity index is 1.80. The number of methoxy groups -OCH3 is 1. The zero-order valence-electron chi connectivity index (χ0n) is 11.1. The summed E-state index contributed by atoms with van der Waals surface area (Å²) in [6, 6.07) is 0. The highest BCUT2D eigenvalue weighted by Crippen LogP contribution is 2.19. The molecule has 5 heteroatoms. The van der Waals surface area contributed by atoms with E-state index in [9.17, 15) is 5.11 Å². The number of nitrogens with zero attached hydrogens (tertiary/aromatic N) is 2. The van der Waals surface area contributed by atoms with Crippen LogP contribution in [0.2, 0.25) is 0 Å². The molecule has 1 aromatic heterocycles. The summed E-state index contributed by atoms with van der Waals surface area (Å²) in [5, 5.41) is 13.1. The van der Waals surface area contributed by atoms with Crippen LogP contribution in [0.25, 0.3) is 0 Å². The van der Waals surface area contributed by atoms with Crippen LogP contribution in [0.3, 0.4) is 0 Å². The van der Waals surface area contributed by atoms with E-state index in [4.69, 9.17) is 4.74 Å². The molecule has 0 amide bonds. The van der Waals surface area contributed by atoms with E-state index >= 15 is 0 Å². The molecule has 0 saturated carbocycles. The van der Waals surface area contributed by atoms with Gasteiger partial charge in [-0.05, 0) is 25.7 Å². The number of aliphatic hydroxyl groups is 1. The maximum Gasteiger partial charge on any atom is 0.0952 e. The minimum Gasteiger partial charge on any atom is -0.390 e. The predicted octanol–water partition coefficient (Wildman–Crippen LogP) is 0.359. The Labute approximate surface area is 108 Å². The number of hydrogen-bond donors (Lipinski definition) is 2. The van der Waals surface area contributed by atoms with E-state index in [1.807, 2.05) is 6.33 Å². The summed E-state index contributed by atoms with van der Waals surface area (Å²) in [6.45, 7) is 2.67. The molecule has 2 rings (SSSR count). The monoisotopic (exact) mass is 253 g/mol. The maximum atomic E-state index is 9.97. The largest absolute Gasteiger partial charge is 0.390 e. The number of ether oxygens (including phenoxy) is 1. The molecule has 0 aromatic carbocycles.